The topological polar surface area (TPSA) is 38.8 Å². The van der Waals surface area contributed by atoms with Gasteiger partial charge in [-0.05, 0) is 49.2 Å². The Labute approximate surface area is 180 Å². The molecule has 3 aromatic carbocycles. The van der Waals surface area contributed by atoms with Crippen molar-refractivity contribution in [2.45, 2.75) is 26.4 Å². The highest BCUT2D eigenvalue weighted by Gasteiger charge is 2.34. The molecule has 156 valence electrons. The van der Waals surface area contributed by atoms with E-state index in [2.05, 4.69) is 24.0 Å². The Hall–Kier alpha value is -3.44. The Bertz CT molecular complexity index is 1200. The van der Waals surface area contributed by atoms with E-state index in [1.807, 2.05) is 31.2 Å². The number of halogens is 1. The fraction of sp³-hybridized carbons (Fsp3) is 0.192. The van der Waals surface area contributed by atoms with Gasteiger partial charge in [0.05, 0.1) is 5.56 Å². The first-order chi connectivity index (χ1) is 15.0. The van der Waals surface area contributed by atoms with Crippen LogP contribution in [0.5, 0.6) is 11.5 Å². The first-order valence-electron chi connectivity index (χ1n) is 10.3. The lowest BCUT2D eigenvalue weighted by atomic mass is 9.99. The third kappa shape index (κ3) is 3.51. The van der Waals surface area contributed by atoms with Gasteiger partial charge in [0.25, 0.3) is 0 Å². The largest absolute Gasteiger partial charge is 0.477 e. The molecular formula is C26H22FNO3. The number of rotatable bonds is 3. The summed E-state index contributed by atoms with van der Waals surface area (Å²) < 4.78 is 25.5. The molecule has 2 aliphatic rings. The van der Waals surface area contributed by atoms with Crippen LogP contribution in [0.4, 0.5) is 4.39 Å². The summed E-state index contributed by atoms with van der Waals surface area (Å²) >= 11 is 0. The Morgan fingerprint density at radius 1 is 1.06 bits per heavy atom. The Kier molecular flexibility index (Phi) is 4.83. The molecular weight excluding hydrogens is 393 g/mol. The molecule has 0 aliphatic carbocycles. The maximum atomic E-state index is 13.5. The van der Waals surface area contributed by atoms with Crippen LogP contribution in [0.15, 0.2) is 66.4 Å². The van der Waals surface area contributed by atoms with Gasteiger partial charge >= 0.3 is 0 Å². The predicted molar refractivity (Wildman–Crippen MR) is 116 cm³/mol. The number of carbonyl (C=O) groups excluding carboxylic acids is 1. The normalized spacial score (nSPS) is 17.6. The van der Waals surface area contributed by atoms with Crippen LogP contribution in [0.2, 0.25) is 0 Å². The van der Waals surface area contributed by atoms with E-state index < -0.39 is 0 Å². The van der Waals surface area contributed by atoms with Crippen molar-refractivity contribution in [2.24, 2.45) is 0 Å². The van der Waals surface area contributed by atoms with Crippen LogP contribution < -0.4 is 9.47 Å². The van der Waals surface area contributed by atoms with Gasteiger partial charge in [-0.2, -0.15) is 0 Å². The van der Waals surface area contributed by atoms with Crippen LogP contribution >= 0.6 is 0 Å². The number of fused-ring (bicyclic) bond motifs is 2. The van der Waals surface area contributed by atoms with Gasteiger partial charge < -0.3 is 9.47 Å². The van der Waals surface area contributed by atoms with Crippen molar-refractivity contribution in [3.8, 4) is 11.5 Å². The fourth-order valence-corrected chi connectivity index (χ4v) is 4.20. The van der Waals surface area contributed by atoms with Crippen molar-refractivity contribution in [2.75, 3.05) is 6.73 Å². The summed E-state index contributed by atoms with van der Waals surface area (Å²) in [6, 6.07) is 18.4. The number of Topliss-reactive ketones (excluding diaryl/α,β-unsaturated/α-hetero) is 1. The molecule has 4 nitrogen and oxygen atoms in total. The molecule has 1 unspecified atom stereocenters. The van der Waals surface area contributed by atoms with Crippen LogP contribution in [-0.2, 0) is 6.54 Å². The van der Waals surface area contributed by atoms with Gasteiger partial charge in [-0.1, -0.05) is 42.5 Å². The van der Waals surface area contributed by atoms with Crippen molar-refractivity contribution >= 4 is 11.9 Å². The summed E-state index contributed by atoms with van der Waals surface area (Å²) in [5.74, 6) is 0.940. The van der Waals surface area contributed by atoms with Crippen LogP contribution in [-0.4, -0.2) is 17.4 Å². The molecule has 0 amide bonds. The number of carbonyl (C=O) groups is 1. The second-order valence-corrected chi connectivity index (χ2v) is 7.97. The van der Waals surface area contributed by atoms with E-state index in [0.29, 0.717) is 30.2 Å². The molecule has 5 rings (SSSR count). The number of hydrogen-bond donors (Lipinski definition) is 0. The molecule has 0 saturated carbocycles. The van der Waals surface area contributed by atoms with Gasteiger partial charge in [0, 0.05) is 23.7 Å². The van der Waals surface area contributed by atoms with E-state index in [-0.39, 0.29) is 23.4 Å². The molecule has 0 aromatic heterocycles. The Morgan fingerprint density at radius 3 is 2.65 bits per heavy atom. The average molecular weight is 415 g/mol. The zero-order valence-corrected chi connectivity index (χ0v) is 17.4. The maximum absolute atomic E-state index is 13.5. The number of ketones is 1. The third-order valence-corrected chi connectivity index (χ3v) is 5.94. The van der Waals surface area contributed by atoms with Crippen molar-refractivity contribution in [1.82, 2.24) is 4.90 Å². The first kappa shape index (κ1) is 19.5. The lowest BCUT2D eigenvalue weighted by Gasteiger charge is -2.34. The molecule has 0 N–H and O–H groups in total. The lowest BCUT2D eigenvalue weighted by molar-refractivity contribution is 0.0609. The number of benzene rings is 3. The van der Waals surface area contributed by atoms with Crippen molar-refractivity contribution in [3.63, 3.8) is 0 Å². The zero-order valence-electron chi connectivity index (χ0n) is 17.4. The molecule has 0 saturated heterocycles. The molecule has 0 bridgehead atoms. The number of allylic oxidation sites excluding steroid dienone is 1. The standard InChI is InChI=1S/C26H22FNO3/c1-16-25-20(14-28(15-30-25)17(2)19-8-4-3-5-9-19)13-22-24(29)23(31-26(16)22)12-18-7-6-10-21(27)11-18/h3-13,17H,14-15H2,1-2H3/b23-12-. The van der Waals surface area contributed by atoms with Gasteiger partial charge in [-0.25, -0.2) is 4.39 Å². The average Bonchev–Trinajstić information content (AvgIpc) is 3.09. The van der Waals surface area contributed by atoms with Gasteiger partial charge in [-0.3, -0.25) is 9.69 Å². The molecule has 0 spiro atoms. The SMILES string of the molecule is Cc1c2c(cc3c1O/C(=C\c1cccc(F)c1)C3=O)CN(C(C)c1ccccc1)CO2. The summed E-state index contributed by atoms with van der Waals surface area (Å²) in [6.07, 6.45) is 1.58. The third-order valence-electron chi connectivity index (χ3n) is 5.94. The second-order valence-electron chi connectivity index (χ2n) is 7.97. The Balaban J connectivity index is 1.45. The monoisotopic (exact) mass is 415 g/mol. The molecule has 31 heavy (non-hydrogen) atoms. The second kappa shape index (κ2) is 7.67. The van der Waals surface area contributed by atoms with Crippen LogP contribution in [0.1, 0.15) is 45.6 Å². The predicted octanol–water partition coefficient (Wildman–Crippen LogP) is 5.66. The fourth-order valence-electron chi connectivity index (χ4n) is 4.20. The number of hydrogen-bond acceptors (Lipinski definition) is 4. The minimum absolute atomic E-state index is 0.179. The first-order valence-corrected chi connectivity index (χ1v) is 10.3. The highest BCUT2D eigenvalue weighted by molar-refractivity contribution is 6.15. The summed E-state index contributed by atoms with van der Waals surface area (Å²) in [5, 5.41) is 0. The Morgan fingerprint density at radius 2 is 1.87 bits per heavy atom. The van der Waals surface area contributed by atoms with Gasteiger partial charge in [0.1, 0.15) is 24.0 Å². The van der Waals surface area contributed by atoms with E-state index in [1.54, 1.807) is 18.2 Å². The number of nitrogens with zero attached hydrogens (tertiary/aromatic N) is 1. The molecule has 3 aromatic rings. The number of ether oxygens (including phenoxy) is 2. The van der Waals surface area contributed by atoms with E-state index in [4.69, 9.17) is 9.47 Å². The van der Waals surface area contributed by atoms with Crippen LogP contribution in [0.25, 0.3) is 6.08 Å². The van der Waals surface area contributed by atoms with Crippen molar-refractivity contribution in [1.29, 1.82) is 0 Å². The lowest BCUT2D eigenvalue weighted by Crippen LogP contribution is -2.34. The highest BCUT2D eigenvalue weighted by atomic mass is 19.1. The molecule has 2 heterocycles. The summed E-state index contributed by atoms with van der Waals surface area (Å²) in [7, 11) is 0. The molecule has 0 radical (unpaired) electrons. The maximum Gasteiger partial charge on any atom is 0.231 e. The molecule has 2 aliphatic heterocycles. The van der Waals surface area contributed by atoms with E-state index >= 15 is 0 Å². The van der Waals surface area contributed by atoms with Gasteiger partial charge in [0.15, 0.2) is 5.76 Å². The highest BCUT2D eigenvalue weighted by Crippen LogP contribution is 2.44. The summed E-state index contributed by atoms with van der Waals surface area (Å²) in [5.41, 5.74) is 4.10. The van der Waals surface area contributed by atoms with E-state index in [9.17, 15) is 9.18 Å². The van der Waals surface area contributed by atoms with Gasteiger partial charge in [0.2, 0.25) is 5.78 Å². The molecule has 5 heteroatoms. The molecule has 0 fully saturated rings. The van der Waals surface area contributed by atoms with Crippen LogP contribution in [0.3, 0.4) is 0 Å². The van der Waals surface area contributed by atoms with E-state index in [1.165, 1.54) is 17.7 Å². The molecule has 1 atom stereocenters. The smallest absolute Gasteiger partial charge is 0.231 e. The van der Waals surface area contributed by atoms with Crippen LogP contribution in [0, 0.1) is 12.7 Å². The van der Waals surface area contributed by atoms with Crippen molar-refractivity contribution < 1.29 is 18.7 Å². The quantitative estimate of drug-likeness (QED) is 0.517. The van der Waals surface area contributed by atoms with Crippen molar-refractivity contribution in [3.05, 3.63) is 100 Å². The summed E-state index contributed by atoms with van der Waals surface area (Å²) in [4.78, 5) is 15.2. The van der Waals surface area contributed by atoms with Gasteiger partial charge in [-0.15, -0.1) is 0 Å². The van der Waals surface area contributed by atoms with E-state index in [0.717, 1.165) is 16.9 Å². The minimum atomic E-state index is -0.356. The zero-order chi connectivity index (χ0) is 21.5. The minimum Gasteiger partial charge on any atom is -0.477 e. The summed E-state index contributed by atoms with van der Waals surface area (Å²) in [6.45, 7) is 5.20.